The van der Waals surface area contributed by atoms with Gasteiger partial charge in [-0.15, -0.1) is 0 Å². The fraction of sp³-hybridized carbons (Fsp3) is 0.333. The van der Waals surface area contributed by atoms with Gasteiger partial charge in [0, 0.05) is 0 Å². The molecule has 0 rings (SSSR count). The minimum atomic E-state index is 0.750. The highest BCUT2D eigenvalue weighted by molar-refractivity contribution is 5.44. The summed E-state index contributed by atoms with van der Waals surface area (Å²) < 4.78 is 0. The Bertz CT molecular complexity index is 54.3. The van der Waals surface area contributed by atoms with Crippen LogP contribution in [0.4, 0.5) is 0 Å². The minimum Gasteiger partial charge on any atom is -0.337 e. The van der Waals surface area contributed by atoms with Crippen molar-refractivity contribution in [1.29, 1.82) is 5.26 Å². The molecular weight excluding hydrogens is 80.0 g/mol. The molecule has 0 atom stereocenters. The summed E-state index contributed by atoms with van der Waals surface area (Å²) in [7, 11) is 0. The Morgan fingerprint density at radius 3 is 2.00 bits per heavy atom. The average molecular weight is 86.1 g/mol. The van der Waals surface area contributed by atoms with E-state index in [1.165, 1.54) is 13.1 Å². The molecule has 0 aromatic rings. The quantitative estimate of drug-likeness (QED) is 0.248. The minimum absolute atomic E-state index is 0.750. The molecule has 0 unspecified atom stereocenters. The molecule has 0 radical (unpaired) electrons. The molecule has 0 amide bonds. The molecule has 0 saturated heterocycles. The van der Waals surface area contributed by atoms with Gasteiger partial charge >= 0.3 is 0 Å². The summed E-state index contributed by atoms with van der Waals surface area (Å²) >= 11 is 0. The Kier molecular flexibility index (Phi) is 55.7. The lowest BCUT2D eigenvalue weighted by Gasteiger charge is -1.24. The van der Waals surface area contributed by atoms with Crippen LogP contribution in [0.5, 0.6) is 0 Å². The fourth-order valence-electron chi connectivity index (χ4n) is 0. The van der Waals surface area contributed by atoms with Gasteiger partial charge in [0.1, 0.15) is 6.29 Å². The molecule has 2 N–H and O–H groups in total. The Morgan fingerprint density at radius 1 is 2.00 bits per heavy atom. The summed E-state index contributed by atoms with van der Waals surface area (Å²) in [6, 6.07) is 0. The van der Waals surface area contributed by atoms with Gasteiger partial charge in [-0.3, -0.25) is 0 Å². The topological polar surface area (TPSA) is 66.9 Å². The number of nitriles is 1. The van der Waals surface area contributed by atoms with E-state index in [4.69, 9.17) is 10.1 Å². The summed E-state index contributed by atoms with van der Waals surface area (Å²) in [6.45, 7) is 1.44. The number of hydrogen-bond donors (Lipinski definition) is 1. The molecule has 0 aliphatic heterocycles. The second-order valence-corrected chi connectivity index (χ2v) is 0.365. The maximum atomic E-state index is 8.81. The molecule has 0 saturated carbocycles. The van der Waals surface area contributed by atoms with Crippen molar-refractivity contribution >= 4 is 6.29 Å². The number of nitrogens with zero attached hydrogens (tertiary/aromatic N) is 1. The zero-order valence-electron chi connectivity index (χ0n) is 3.51. The molecule has 0 fully saturated rings. The van der Waals surface area contributed by atoms with E-state index in [0.717, 1.165) is 6.29 Å². The molecule has 6 heavy (non-hydrogen) atoms. The average Bonchev–Trinajstić information content (AvgIpc) is 1.39. The highest BCUT2D eigenvalue weighted by Crippen LogP contribution is 1.13. The van der Waals surface area contributed by atoms with Gasteiger partial charge in [-0.1, -0.05) is 0 Å². The molecule has 0 heterocycles. The van der Waals surface area contributed by atoms with E-state index in [1.807, 2.05) is 0 Å². The van der Waals surface area contributed by atoms with Gasteiger partial charge in [0.15, 0.2) is 6.19 Å². The van der Waals surface area contributed by atoms with Crippen LogP contribution in [0.1, 0.15) is 6.92 Å². The number of nitrogens with two attached hydrogens (primary N) is 1. The molecule has 0 bridgehead atoms. The van der Waals surface area contributed by atoms with Crippen LogP contribution in [0, 0.1) is 11.5 Å². The van der Waals surface area contributed by atoms with Crippen LogP contribution in [-0.2, 0) is 4.79 Å². The molecule has 0 aliphatic rings. The van der Waals surface area contributed by atoms with Crippen molar-refractivity contribution in [2.24, 2.45) is 5.73 Å². The van der Waals surface area contributed by atoms with Gasteiger partial charge < -0.3 is 10.5 Å². The third kappa shape index (κ3) is 10.5. The SMILES string of the molecule is CC=O.N#CN. The lowest BCUT2D eigenvalue weighted by atomic mass is 11.0. The smallest absolute Gasteiger partial charge is 0.173 e. The molecule has 3 heteroatoms. The highest BCUT2D eigenvalue weighted by atomic mass is 16.1. The van der Waals surface area contributed by atoms with Crippen LogP contribution in [0.25, 0.3) is 0 Å². The predicted octanol–water partition coefficient (Wildman–Crippen LogP) is -0.369. The van der Waals surface area contributed by atoms with Gasteiger partial charge in [0.2, 0.25) is 0 Å². The maximum absolute atomic E-state index is 8.81. The van der Waals surface area contributed by atoms with Crippen LogP contribution >= 0.6 is 0 Å². The fourth-order valence-corrected chi connectivity index (χ4v) is 0. The molecule has 0 aromatic carbocycles. The van der Waals surface area contributed by atoms with E-state index < -0.39 is 0 Å². The monoisotopic (exact) mass is 86.0 g/mol. The van der Waals surface area contributed by atoms with Gasteiger partial charge in [-0.25, -0.2) is 0 Å². The molecule has 34 valence electrons. The van der Waals surface area contributed by atoms with Crippen LogP contribution in [0.3, 0.4) is 0 Å². The molecule has 0 spiro atoms. The van der Waals surface area contributed by atoms with E-state index in [9.17, 15) is 0 Å². The largest absolute Gasteiger partial charge is 0.337 e. The Hall–Kier alpha value is -1.04. The second-order valence-electron chi connectivity index (χ2n) is 0.365. The standard InChI is InChI=1S/C2H4O.CH2N2/c1-2-3;2-1-3/h2H,1H3;2H2. The van der Waals surface area contributed by atoms with E-state index in [2.05, 4.69) is 5.73 Å². The Balaban J connectivity index is 0. The summed E-state index contributed by atoms with van der Waals surface area (Å²) in [5.74, 6) is 0. The first-order valence-electron chi connectivity index (χ1n) is 1.33. The summed E-state index contributed by atoms with van der Waals surface area (Å²) in [6.07, 6.45) is 2.00. The van der Waals surface area contributed by atoms with Crippen molar-refractivity contribution in [3.05, 3.63) is 0 Å². The molecular formula is C3H6N2O. The zero-order valence-corrected chi connectivity index (χ0v) is 3.51. The predicted molar refractivity (Wildman–Crippen MR) is 21.5 cm³/mol. The van der Waals surface area contributed by atoms with E-state index >= 15 is 0 Å². The number of hydrogen-bond acceptors (Lipinski definition) is 3. The first-order chi connectivity index (χ1) is 2.83. The normalized spacial score (nSPS) is 3.33. The molecule has 0 aromatic heterocycles. The number of carbonyl (C=O) groups excluding carboxylic acids is 1. The first kappa shape index (κ1) is 8.88. The second kappa shape index (κ2) is 37.6. The number of aldehydes is 1. The van der Waals surface area contributed by atoms with Crippen molar-refractivity contribution < 1.29 is 4.79 Å². The zero-order chi connectivity index (χ0) is 5.41. The van der Waals surface area contributed by atoms with Crippen molar-refractivity contribution in [1.82, 2.24) is 0 Å². The van der Waals surface area contributed by atoms with E-state index in [-0.39, 0.29) is 0 Å². The van der Waals surface area contributed by atoms with Gasteiger partial charge in [-0.2, -0.15) is 5.26 Å². The third-order valence-electron chi connectivity index (χ3n) is 0. The van der Waals surface area contributed by atoms with E-state index in [0.29, 0.717) is 0 Å². The summed E-state index contributed by atoms with van der Waals surface area (Å²) in [4.78, 5) is 8.81. The summed E-state index contributed by atoms with van der Waals surface area (Å²) in [5.41, 5.74) is 4.15. The van der Waals surface area contributed by atoms with Crippen LogP contribution in [-0.4, -0.2) is 6.29 Å². The van der Waals surface area contributed by atoms with Gasteiger partial charge in [-0.05, 0) is 6.92 Å². The van der Waals surface area contributed by atoms with Crippen molar-refractivity contribution in [2.75, 3.05) is 0 Å². The van der Waals surface area contributed by atoms with Crippen molar-refractivity contribution in [2.45, 2.75) is 6.92 Å². The maximum Gasteiger partial charge on any atom is 0.173 e. The third-order valence-corrected chi connectivity index (χ3v) is 0. The number of carbonyl (C=O) groups is 1. The van der Waals surface area contributed by atoms with E-state index in [1.54, 1.807) is 0 Å². The number of rotatable bonds is 0. The molecule has 0 aliphatic carbocycles. The van der Waals surface area contributed by atoms with Crippen LogP contribution < -0.4 is 5.73 Å². The van der Waals surface area contributed by atoms with Crippen molar-refractivity contribution in [3.63, 3.8) is 0 Å². The summed E-state index contributed by atoms with van der Waals surface area (Å²) in [5, 5.41) is 7.10. The highest BCUT2D eigenvalue weighted by Gasteiger charge is 1.24. The lowest BCUT2D eigenvalue weighted by molar-refractivity contribution is -0.106. The van der Waals surface area contributed by atoms with Crippen LogP contribution in [0.2, 0.25) is 0 Å². The van der Waals surface area contributed by atoms with Crippen molar-refractivity contribution in [3.8, 4) is 6.19 Å². The van der Waals surface area contributed by atoms with Gasteiger partial charge in [0.05, 0.1) is 0 Å². The first-order valence-corrected chi connectivity index (χ1v) is 1.33. The molecule has 3 nitrogen and oxygen atoms in total. The van der Waals surface area contributed by atoms with Crippen LogP contribution in [0.15, 0.2) is 0 Å². The lowest BCUT2D eigenvalue weighted by Crippen LogP contribution is -1.69. The Morgan fingerprint density at radius 2 is 2.00 bits per heavy atom. The Labute approximate surface area is 36.4 Å². The van der Waals surface area contributed by atoms with Gasteiger partial charge in [0.25, 0.3) is 0 Å².